The number of carbonyl (C=O) groups excluding carboxylic acids is 1. The third kappa shape index (κ3) is 4.20. The summed E-state index contributed by atoms with van der Waals surface area (Å²) in [6.07, 6.45) is 0.0599. The number of nitrogens with zero attached hydrogens (tertiary/aromatic N) is 2. The predicted octanol–water partition coefficient (Wildman–Crippen LogP) is 4.03. The van der Waals surface area contributed by atoms with E-state index in [-0.39, 0.29) is 12.2 Å². The van der Waals surface area contributed by atoms with E-state index in [4.69, 9.17) is 9.47 Å². The van der Waals surface area contributed by atoms with Crippen LogP contribution in [0.3, 0.4) is 0 Å². The molecule has 0 saturated heterocycles. The lowest BCUT2D eigenvalue weighted by molar-refractivity contribution is 0.0970. The van der Waals surface area contributed by atoms with Gasteiger partial charge in [0.25, 0.3) is 0 Å². The van der Waals surface area contributed by atoms with Crippen LogP contribution in [0.15, 0.2) is 42.5 Å². The van der Waals surface area contributed by atoms with Crippen LogP contribution in [0.5, 0.6) is 11.5 Å². The largest absolute Gasteiger partial charge is 0.493 e. The molecule has 0 aliphatic rings. The van der Waals surface area contributed by atoms with Crippen molar-refractivity contribution in [1.29, 1.82) is 10.5 Å². The van der Waals surface area contributed by atoms with Gasteiger partial charge in [0.05, 0.1) is 26.4 Å². The lowest BCUT2D eigenvalue weighted by Crippen LogP contribution is -2.15. The number of benzene rings is 2. The third-order valence-corrected chi connectivity index (χ3v) is 4.30. The Balaban J connectivity index is 2.38. The first-order valence-electron chi connectivity index (χ1n) is 8.15. The molecule has 5 nitrogen and oxygen atoms in total. The van der Waals surface area contributed by atoms with Gasteiger partial charge in [-0.2, -0.15) is 10.5 Å². The summed E-state index contributed by atoms with van der Waals surface area (Å²) in [5.41, 5.74) is 2.32. The van der Waals surface area contributed by atoms with Crippen molar-refractivity contribution < 1.29 is 14.3 Å². The Kier molecular flexibility index (Phi) is 6.36. The first kappa shape index (κ1) is 19.0. The SMILES string of the molecule is COc1ccc(C(CC(=O)c2ccc(C)cc2)C(C#N)C#N)cc1OC. The van der Waals surface area contributed by atoms with Gasteiger partial charge in [0.2, 0.25) is 0 Å². The molecule has 0 radical (unpaired) electrons. The van der Waals surface area contributed by atoms with Crippen LogP contribution in [0.2, 0.25) is 0 Å². The van der Waals surface area contributed by atoms with Crippen molar-refractivity contribution in [3.05, 3.63) is 59.2 Å². The Morgan fingerprint density at radius 2 is 1.62 bits per heavy atom. The molecular weight excluding hydrogens is 328 g/mol. The van der Waals surface area contributed by atoms with Gasteiger partial charge in [-0.15, -0.1) is 0 Å². The second kappa shape index (κ2) is 8.69. The smallest absolute Gasteiger partial charge is 0.163 e. The number of methoxy groups -OCH3 is 2. The maximum atomic E-state index is 12.7. The number of Topliss-reactive ketones (excluding diaryl/α,β-unsaturated/α-hetero) is 1. The zero-order chi connectivity index (χ0) is 19.1. The van der Waals surface area contributed by atoms with Gasteiger partial charge in [0.1, 0.15) is 5.92 Å². The molecule has 0 aliphatic carbocycles. The zero-order valence-corrected chi connectivity index (χ0v) is 15.0. The molecule has 1 unspecified atom stereocenters. The van der Waals surface area contributed by atoms with Gasteiger partial charge in [-0.05, 0) is 24.6 Å². The standard InChI is InChI=1S/C21H20N2O3/c1-14-4-6-15(7-5-14)19(24)11-18(17(12-22)13-23)16-8-9-20(25-2)21(10-16)26-3/h4-10,17-18H,11H2,1-3H3. The van der Waals surface area contributed by atoms with E-state index in [0.717, 1.165) is 5.56 Å². The van der Waals surface area contributed by atoms with Gasteiger partial charge >= 0.3 is 0 Å². The maximum Gasteiger partial charge on any atom is 0.163 e. The number of hydrogen-bond donors (Lipinski definition) is 0. The number of aryl methyl sites for hydroxylation is 1. The fraction of sp³-hybridized carbons (Fsp3) is 0.286. The summed E-state index contributed by atoms with van der Waals surface area (Å²) < 4.78 is 10.5. The van der Waals surface area contributed by atoms with Gasteiger partial charge in [0, 0.05) is 17.9 Å². The van der Waals surface area contributed by atoms with Gasteiger partial charge in [-0.3, -0.25) is 4.79 Å². The molecule has 1 atom stereocenters. The second-order valence-electron chi connectivity index (χ2n) is 5.95. The van der Waals surface area contributed by atoms with Crippen molar-refractivity contribution >= 4 is 5.78 Å². The van der Waals surface area contributed by atoms with Crippen molar-refractivity contribution in [2.45, 2.75) is 19.3 Å². The van der Waals surface area contributed by atoms with Crippen LogP contribution >= 0.6 is 0 Å². The molecule has 26 heavy (non-hydrogen) atoms. The molecule has 5 heteroatoms. The zero-order valence-electron chi connectivity index (χ0n) is 15.0. The molecule has 2 rings (SSSR count). The van der Waals surface area contributed by atoms with E-state index in [1.54, 1.807) is 30.3 Å². The van der Waals surface area contributed by atoms with Gasteiger partial charge in [-0.1, -0.05) is 35.9 Å². The van der Waals surface area contributed by atoms with E-state index in [1.165, 1.54) is 14.2 Å². The van der Waals surface area contributed by atoms with Crippen molar-refractivity contribution in [1.82, 2.24) is 0 Å². The second-order valence-corrected chi connectivity index (χ2v) is 5.95. The van der Waals surface area contributed by atoms with Crippen molar-refractivity contribution in [3.63, 3.8) is 0 Å². The number of hydrogen-bond acceptors (Lipinski definition) is 5. The van der Waals surface area contributed by atoms with E-state index < -0.39 is 11.8 Å². The summed E-state index contributed by atoms with van der Waals surface area (Å²) >= 11 is 0. The molecule has 0 amide bonds. The quantitative estimate of drug-likeness (QED) is 0.705. The maximum absolute atomic E-state index is 12.7. The summed E-state index contributed by atoms with van der Waals surface area (Å²) in [5.74, 6) is -0.570. The Morgan fingerprint density at radius 3 is 2.15 bits per heavy atom. The first-order valence-corrected chi connectivity index (χ1v) is 8.15. The minimum Gasteiger partial charge on any atom is -0.493 e. The van der Waals surface area contributed by atoms with E-state index >= 15 is 0 Å². The molecule has 0 saturated carbocycles. The molecular formula is C21H20N2O3. The molecule has 0 heterocycles. The van der Waals surface area contributed by atoms with E-state index in [0.29, 0.717) is 22.6 Å². The van der Waals surface area contributed by atoms with Crippen LogP contribution in [0.25, 0.3) is 0 Å². The van der Waals surface area contributed by atoms with E-state index in [2.05, 4.69) is 0 Å². The highest BCUT2D eigenvalue weighted by molar-refractivity contribution is 5.96. The molecule has 0 spiro atoms. The summed E-state index contributed by atoms with van der Waals surface area (Å²) in [5, 5.41) is 18.7. The van der Waals surface area contributed by atoms with Crippen LogP contribution in [0.4, 0.5) is 0 Å². The van der Waals surface area contributed by atoms with Crippen molar-refractivity contribution in [3.8, 4) is 23.6 Å². The minimum atomic E-state index is -0.942. The average molecular weight is 348 g/mol. The highest BCUT2D eigenvalue weighted by atomic mass is 16.5. The lowest BCUT2D eigenvalue weighted by atomic mass is 9.82. The van der Waals surface area contributed by atoms with E-state index in [9.17, 15) is 15.3 Å². The third-order valence-electron chi connectivity index (χ3n) is 4.30. The van der Waals surface area contributed by atoms with Gasteiger partial charge in [0.15, 0.2) is 17.3 Å². The van der Waals surface area contributed by atoms with Crippen molar-refractivity contribution in [2.75, 3.05) is 14.2 Å². The Hall–Kier alpha value is -3.31. The minimum absolute atomic E-state index is 0.0599. The van der Waals surface area contributed by atoms with Crippen LogP contribution < -0.4 is 9.47 Å². The Labute approximate surface area is 153 Å². The molecule has 0 fully saturated rings. The molecule has 2 aromatic carbocycles. The molecule has 0 bridgehead atoms. The highest BCUT2D eigenvalue weighted by Crippen LogP contribution is 2.35. The fourth-order valence-electron chi connectivity index (χ4n) is 2.78. The fourth-order valence-corrected chi connectivity index (χ4v) is 2.78. The Morgan fingerprint density at radius 1 is 1.00 bits per heavy atom. The summed E-state index contributed by atoms with van der Waals surface area (Å²) in [7, 11) is 3.05. The highest BCUT2D eigenvalue weighted by Gasteiger charge is 2.27. The van der Waals surface area contributed by atoms with E-state index in [1.807, 2.05) is 31.2 Å². The number of ether oxygens (including phenoxy) is 2. The molecule has 0 aromatic heterocycles. The molecule has 0 aliphatic heterocycles. The number of ketones is 1. The lowest BCUT2D eigenvalue weighted by Gasteiger charge is -2.19. The van der Waals surface area contributed by atoms with Gasteiger partial charge < -0.3 is 9.47 Å². The van der Waals surface area contributed by atoms with Crippen LogP contribution in [0, 0.1) is 35.5 Å². The topological polar surface area (TPSA) is 83.1 Å². The summed E-state index contributed by atoms with van der Waals surface area (Å²) in [6, 6.07) is 16.4. The Bertz CT molecular complexity index is 846. The van der Waals surface area contributed by atoms with Crippen molar-refractivity contribution in [2.24, 2.45) is 5.92 Å². The van der Waals surface area contributed by atoms with Gasteiger partial charge in [-0.25, -0.2) is 0 Å². The van der Waals surface area contributed by atoms with Crippen LogP contribution in [0.1, 0.15) is 33.8 Å². The number of nitriles is 2. The number of carbonyl (C=O) groups is 1. The molecule has 132 valence electrons. The monoisotopic (exact) mass is 348 g/mol. The predicted molar refractivity (Wildman–Crippen MR) is 97.1 cm³/mol. The summed E-state index contributed by atoms with van der Waals surface area (Å²) in [4.78, 5) is 12.7. The van der Waals surface area contributed by atoms with Crippen LogP contribution in [-0.2, 0) is 0 Å². The molecule has 2 aromatic rings. The van der Waals surface area contributed by atoms with Crippen LogP contribution in [-0.4, -0.2) is 20.0 Å². The number of rotatable bonds is 7. The summed E-state index contributed by atoms with van der Waals surface area (Å²) in [6.45, 7) is 1.95. The first-order chi connectivity index (χ1) is 12.5. The molecule has 0 N–H and O–H groups in total. The average Bonchev–Trinajstić information content (AvgIpc) is 2.67. The normalized spacial score (nSPS) is 11.3.